The maximum absolute atomic E-state index is 12.1. The molecule has 0 amide bonds. The Morgan fingerprint density at radius 3 is 2.85 bits per heavy atom. The summed E-state index contributed by atoms with van der Waals surface area (Å²) in [5.74, 6) is 1.80. The quantitative estimate of drug-likeness (QED) is 0.801. The van der Waals surface area contributed by atoms with Gasteiger partial charge in [-0.05, 0) is 43.6 Å². The highest BCUT2D eigenvalue weighted by molar-refractivity contribution is 8.00. The Morgan fingerprint density at radius 2 is 2.15 bits per heavy atom. The van der Waals surface area contributed by atoms with Crippen molar-refractivity contribution in [2.24, 2.45) is 0 Å². The van der Waals surface area contributed by atoms with Crippen molar-refractivity contribution in [3.63, 3.8) is 0 Å². The SMILES string of the molecule is O=S(=O)(NCC1CCCS1)c1ccc(CNC2CC2)o1. The van der Waals surface area contributed by atoms with Gasteiger partial charge in [-0.1, -0.05) is 0 Å². The van der Waals surface area contributed by atoms with Crippen molar-refractivity contribution >= 4 is 21.8 Å². The molecule has 2 N–H and O–H groups in total. The second kappa shape index (κ2) is 6.09. The number of sulfonamides is 1. The number of hydrogen-bond donors (Lipinski definition) is 2. The minimum atomic E-state index is -3.51. The van der Waals surface area contributed by atoms with Crippen LogP contribution >= 0.6 is 11.8 Å². The van der Waals surface area contributed by atoms with Gasteiger partial charge in [-0.15, -0.1) is 0 Å². The lowest BCUT2D eigenvalue weighted by Crippen LogP contribution is -2.29. The average molecular weight is 316 g/mol. The van der Waals surface area contributed by atoms with Crippen LogP contribution < -0.4 is 10.0 Å². The predicted molar refractivity (Wildman–Crippen MR) is 79.2 cm³/mol. The van der Waals surface area contributed by atoms with Crippen LogP contribution in [-0.4, -0.2) is 32.0 Å². The fourth-order valence-corrected chi connectivity index (χ4v) is 4.54. The van der Waals surface area contributed by atoms with E-state index in [1.807, 2.05) is 11.8 Å². The van der Waals surface area contributed by atoms with Gasteiger partial charge >= 0.3 is 0 Å². The molecule has 3 rings (SSSR count). The van der Waals surface area contributed by atoms with Gasteiger partial charge in [-0.2, -0.15) is 11.8 Å². The Kier molecular flexibility index (Phi) is 4.40. The molecular weight excluding hydrogens is 296 g/mol. The molecule has 1 aliphatic heterocycles. The topological polar surface area (TPSA) is 71.3 Å². The van der Waals surface area contributed by atoms with Gasteiger partial charge in [-0.25, -0.2) is 13.1 Å². The summed E-state index contributed by atoms with van der Waals surface area (Å²) in [5, 5.41) is 3.72. The standard InChI is InChI=1S/C13H20N2O3S2/c16-20(17,15-9-12-2-1-7-19-12)13-6-5-11(18-13)8-14-10-3-4-10/h5-6,10,12,14-15H,1-4,7-9H2. The van der Waals surface area contributed by atoms with Gasteiger partial charge in [0.05, 0.1) is 6.54 Å². The number of rotatable bonds is 7. The first-order valence-corrected chi connectivity index (χ1v) is 9.60. The first kappa shape index (κ1) is 14.4. The molecule has 1 saturated carbocycles. The van der Waals surface area contributed by atoms with Crippen LogP contribution in [0.5, 0.6) is 0 Å². The highest BCUT2D eigenvalue weighted by Gasteiger charge is 2.24. The summed E-state index contributed by atoms with van der Waals surface area (Å²) < 4.78 is 32.3. The van der Waals surface area contributed by atoms with Gasteiger partial charge in [0.25, 0.3) is 10.0 Å². The molecular formula is C13H20N2O3S2. The second-order valence-corrected chi connectivity index (χ2v) is 8.47. The lowest BCUT2D eigenvalue weighted by atomic mass is 10.2. The van der Waals surface area contributed by atoms with Gasteiger partial charge in [0.2, 0.25) is 5.09 Å². The van der Waals surface area contributed by atoms with Crippen LogP contribution in [0.25, 0.3) is 0 Å². The van der Waals surface area contributed by atoms with E-state index in [4.69, 9.17) is 4.42 Å². The Hall–Kier alpha value is -0.500. The highest BCUT2D eigenvalue weighted by Crippen LogP contribution is 2.26. The van der Waals surface area contributed by atoms with E-state index < -0.39 is 10.0 Å². The summed E-state index contributed by atoms with van der Waals surface area (Å²) in [4.78, 5) is 0. The van der Waals surface area contributed by atoms with Crippen molar-refractivity contribution in [2.45, 2.75) is 48.6 Å². The monoisotopic (exact) mass is 316 g/mol. The van der Waals surface area contributed by atoms with Crippen molar-refractivity contribution in [3.05, 3.63) is 17.9 Å². The lowest BCUT2D eigenvalue weighted by molar-refractivity contribution is 0.399. The fraction of sp³-hybridized carbons (Fsp3) is 0.692. The molecule has 0 aromatic carbocycles. The van der Waals surface area contributed by atoms with Gasteiger partial charge < -0.3 is 9.73 Å². The van der Waals surface area contributed by atoms with Crippen LogP contribution in [0.15, 0.2) is 21.6 Å². The number of furan rings is 1. The molecule has 1 atom stereocenters. The van der Waals surface area contributed by atoms with Crippen LogP contribution in [0.2, 0.25) is 0 Å². The fourth-order valence-electron chi connectivity index (χ4n) is 2.21. The van der Waals surface area contributed by atoms with Crippen LogP contribution in [-0.2, 0) is 16.6 Å². The third-order valence-electron chi connectivity index (χ3n) is 3.57. The minimum Gasteiger partial charge on any atom is -0.447 e. The van der Waals surface area contributed by atoms with Crippen LogP contribution in [0.3, 0.4) is 0 Å². The number of nitrogens with one attached hydrogen (secondary N) is 2. The van der Waals surface area contributed by atoms with E-state index in [1.165, 1.54) is 25.3 Å². The molecule has 1 aliphatic carbocycles. The average Bonchev–Trinajstić information content (AvgIpc) is 2.94. The molecule has 5 nitrogen and oxygen atoms in total. The van der Waals surface area contributed by atoms with Gasteiger partial charge in [-0.3, -0.25) is 0 Å². The van der Waals surface area contributed by atoms with Crippen molar-refractivity contribution in [3.8, 4) is 0 Å². The normalized spacial score (nSPS) is 23.3. The molecule has 112 valence electrons. The van der Waals surface area contributed by atoms with Crippen LogP contribution in [0.1, 0.15) is 31.4 Å². The Balaban J connectivity index is 1.55. The molecule has 1 aromatic rings. The third-order valence-corrected chi connectivity index (χ3v) is 6.26. The summed E-state index contributed by atoms with van der Waals surface area (Å²) in [6.45, 7) is 1.09. The summed E-state index contributed by atoms with van der Waals surface area (Å²) in [6.07, 6.45) is 4.66. The zero-order chi connectivity index (χ0) is 14.0. The van der Waals surface area contributed by atoms with E-state index in [-0.39, 0.29) is 5.09 Å². The van der Waals surface area contributed by atoms with Crippen molar-refractivity contribution in [1.29, 1.82) is 0 Å². The molecule has 2 aliphatic rings. The first-order chi connectivity index (χ1) is 9.63. The van der Waals surface area contributed by atoms with Crippen molar-refractivity contribution in [2.75, 3.05) is 12.3 Å². The van der Waals surface area contributed by atoms with E-state index in [9.17, 15) is 8.42 Å². The Morgan fingerprint density at radius 1 is 1.30 bits per heavy atom. The maximum Gasteiger partial charge on any atom is 0.273 e. The van der Waals surface area contributed by atoms with E-state index in [2.05, 4.69) is 10.0 Å². The van der Waals surface area contributed by atoms with Gasteiger partial charge in [0, 0.05) is 17.8 Å². The summed E-state index contributed by atoms with van der Waals surface area (Å²) in [6, 6.07) is 3.85. The minimum absolute atomic E-state index is 0.0214. The van der Waals surface area contributed by atoms with Gasteiger partial charge in [0.1, 0.15) is 5.76 Å². The number of thioether (sulfide) groups is 1. The lowest BCUT2D eigenvalue weighted by Gasteiger charge is -2.09. The second-order valence-electron chi connectivity index (χ2n) is 5.36. The molecule has 1 unspecified atom stereocenters. The van der Waals surface area contributed by atoms with Crippen molar-refractivity contribution < 1.29 is 12.8 Å². The third kappa shape index (κ3) is 3.78. The Bertz CT molecular complexity index is 546. The highest BCUT2D eigenvalue weighted by atomic mass is 32.2. The molecule has 2 heterocycles. The molecule has 20 heavy (non-hydrogen) atoms. The predicted octanol–water partition coefficient (Wildman–Crippen LogP) is 1.71. The van der Waals surface area contributed by atoms with E-state index in [1.54, 1.807) is 6.07 Å². The van der Waals surface area contributed by atoms with E-state index in [0.29, 0.717) is 30.1 Å². The van der Waals surface area contributed by atoms with Crippen LogP contribution in [0, 0.1) is 0 Å². The molecule has 1 aromatic heterocycles. The summed E-state index contributed by atoms with van der Waals surface area (Å²) in [7, 11) is -3.51. The largest absolute Gasteiger partial charge is 0.447 e. The van der Waals surface area contributed by atoms with Crippen molar-refractivity contribution in [1.82, 2.24) is 10.0 Å². The van der Waals surface area contributed by atoms with Gasteiger partial charge in [0.15, 0.2) is 0 Å². The summed E-state index contributed by atoms with van der Waals surface area (Å²) in [5.41, 5.74) is 0. The molecule has 7 heteroatoms. The van der Waals surface area contributed by atoms with E-state index >= 15 is 0 Å². The number of hydrogen-bond acceptors (Lipinski definition) is 5. The first-order valence-electron chi connectivity index (χ1n) is 7.07. The molecule has 2 fully saturated rings. The molecule has 0 spiro atoms. The molecule has 0 radical (unpaired) electrons. The summed E-state index contributed by atoms with van der Waals surface area (Å²) >= 11 is 1.83. The zero-order valence-electron chi connectivity index (χ0n) is 11.3. The maximum atomic E-state index is 12.1. The Labute approximate surface area is 123 Å². The van der Waals surface area contributed by atoms with E-state index in [0.717, 1.165) is 12.2 Å². The molecule has 0 bridgehead atoms. The van der Waals surface area contributed by atoms with Crippen LogP contribution in [0.4, 0.5) is 0 Å². The smallest absolute Gasteiger partial charge is 0.273 e. The molecule has 1 saturated heterocycles. The zero-order valence-corrected chi connectivity index (χ0v) is 12.9.